The van der Waals surface area contributed by atoms with Crippen LogP contribution in [0.2, 0.25) is 0 Å². The highest BCUT2D eigenvalue weighted by atomic mass is 17.0. The van der Waals surface area contributed by atoms with E-state index in [-0.39, 0.29) is 12.6 Å². The molecule has 0 aromatic rings. The van der Waals surface area contributed by atoms with E-state index in [2.05, 4.69) is 9.68 Å². The minimum Gasteiger partial charge on any atom is -0.343 e. The van der Waals surface area contributed by atoms with E-state index in [0.29, 0.717) is 0 Å². The van der Waals surface area contributed by atoms with Gasteiger partial charge in [-0.05, 0) is 5.64 Å². The van der Waals surface area contributed by atoms with Crippen LogP contribution in [0.15, 0.2) is 0 Å². The summed E-state index contributed by atoms with van der Waals surface area (Å²) in [7, 11) is 0. The molecule has 0 amide bonds. The minimum absolute atomic E-state index is 0.0139. The summed E-state index contributed by atoms with van der Waals surface area (Å²) in [4.78, 5) is 18.1. The van der Waals surface area contributed by atoms with E-state index < -0.39 is 0 Å². The van der Waals surface area contributed by atoms with Gasteiger partial charge in [0.25, 0.3) is 0 Å². The molecule has 0 atom stereocenters. The van der Waals surface area contributed by atoms with Crippen LogP contribution in [0.5, 0.6) is 0 Å². The van der Waals surface area contributed by atoms with Crippen LogP contribution in [0, 0.1) is 0 Å². The first-order valence-corrected chi connectivity index (χ1v) is 1.46. The fraction of sp³-hybridized carbons (Fsp3) is 0.500. The standard InChI is InChI=1S/C2H3NO3/c4-2-1-5-3-6-2/h3H,1H2. The summed E-state index contributed by atoms with van der Waals surface area (Å²) in [6, 6.07) is 0. The highest BCUT2D eigenvalue weighted by Gasteiger charge is 2.09. The van der Waals surface area contributed by atoms with Crippen molar-refractivity contribution in [3.63, 3.8) is 0 Å². The Morgan fingerprint density at radius 2 is 2.67 bits per heavy atom. The molecule has 0 aliphatic carbocycles. The molecule has 6 heavy (non-hydrogen) atoms. The zero-order valence-corrected chi connectivity index (χ0v) is 2.93. The largest absolute Gasteiger partial charge is 0.355 e. The third-order valence-corrected chi connectivity index (χ3v) is 0.404. The summed E-state index contributed by atoms with van der Waals surface area (Å²) in [6.45, 7) is 0.0139. The maximum Gasteiger partial charge on any atom is 0.355 e. The van der Waals surface area contributed by atoms with Gasteiger partial charge in [0, 0.05) is 0 Å². The number of hydrogen-bond donors (Lipinski definition) is 1. The van der Waals surface area contributed by atoms with Gasteiger partial charge in [-0.15, -0.1) is 0 Å². The third kappa shape index (κ3) is 0.474. The first-order valence-electron chi connectivity index (χ1n) is 1.46. The predicted molar refractivity (Wildman–Crippen MR) is 15.2 cm³/mol. The van der Waals surface area contributed by atoms with E-state index in [1.54, 1.807) is 0 Å². The van der Waals surface area contributed by atoms with Crippen LogP contribution < -0.4 is 5.64 Å². The van der Waals surface area contributed by atoms with Crippen LogP contribution in [0.25, 0.3) is 0 Å². The Morgan fingerprint density at radius 3 is 2.83 bits per heavy atom. The molecule has 1 aliphatic heterocycles. The van der Waals surface area contributed by atoms with Crippen molar-refractivity contribution in [1.82, 2.24) is 5.64 Å². The second-order valence-electron chi connectivity index (χ2n) is 0.846. The van der Waals surface area contributed by atoms with Gasteiger partial charge in [-0.25, -0.2) is 4.79 Å². The predicted octanol–water partition coefficient (Wildman–Crippen LogP) is -1.02. The molecule has 0 unspecified atom stereocenters. The van der Waals surface area contributed by atoms with Gasteiger partial charge in [-0.3, -0.25) is 4.84 Å². The summed E-state index contributed by atoms with van der Waals surface area (Å²) in [5.41, 5.74) is 1.92. The van der Waals surface area contributed by atoms with Crippen LogP contribution >= 0.6 is 0 Å². The van der Waals surface area contributed by atoms with Crippen molar-refractivity contribution in [3.8, 4) is 0 Å². The molecule has 0 bridgehead atoms. The SMILES string of the molecule is O=C1CONO1. The maximum absolute atomic E-state index is 9.83. The second kappa shape index (κ2) is 1.24. The van der Waals surface area contributed by atoms with Gasteiger partial charge in [0.1, 0.15) is 0 Å². The Morgan fingerprint density at radius 1 is 1.83 bits per heavy atom. The molecule has 0 spiro atoms. The van der Waals surface area contributed by atoms with E-state index in [9.17, 15) is 4.79 Å². The minimum atomic E-state index is -0.380. The second-order valence-corrected chi connectivity index (χ2v) is 0.846. The van der Waals surface area contributed by atoms with Gasteiger partial charge < -0.3 is 4.84 Å². The fourth-order valence-corrected chi connectivity index (χ4v) is 0.194. The zero-order chi connectivity index (χ0) is 4.41. The lowest BCUT2D eigenvalue weighted by molar-refractivity contribution is -0.147. The van der Waals surface area contributed by atoms with Gasteiger partial charge in [0.2, 0.25) is 0 Å². The Hall–Kier alpha value is -0.610. The molecule has 4 heteroatoms. The maximum atomic E-state index is 9.83. The number of nitrogens with one attached hydrogen (secondary N) is 1. The van der Waals surface area contributed by atoms with Crippen molar-refractivity contribution < 1.29 is 14.5 Å². The molecule has 1 fully saturated rings. The van der Waals surface area contributed by atoms with Crippen LogP contribution in [0.3, 0.4) is 0 Å². The normalized spacial score (nSPS) is 21.0. The quantitative estimate of drug-likeness (QED) is 0.412. The number of rotatable bonds is 0. The van der Waals surface area contributed by atoms with E-state index >= 15 is 0 Å². The molecule has 1 N–H and O–H groups in total. The molecule has 1 aliphatic rings. The first kappa shape index (κ1) is 3.58. The van der Waals surface area contributed by atoms with Gasteiger partial charge in [-0.2, -0.15) is 0 Å². The Balaban J connectivity index is 2.37. The molecular formula is C2H3NO3. The lowest BCUT2D eigenvalue weighted by Crippen LogP contribution is -2.01. The summed E-state index contributed by atoms with van der Waals surface area (Å²) in [5, 5.41) is 0. The van der Waals surface area contributed by atoms with E-state index in [0.717, 1.165) is 0 Å². The lowest BCUT2D eigenvalue weighted by Gasteiger charge is -1.79. The van der Waals surface area contributed by atoms with E-state index in [4.69, 9.17) is 0 Å². The summed E-state index contributed by atoms with van der Waals surface area (Å²) in [5.74, 6) is -0.380. The summed E-state index contributed by atoms with van der Waals surface area (Å²) < 4.78 is 0. The Kier molecular flexibility index (Phi) is 0.736. The number of carbonyl (C=O) groups excluding carboxylic acids is 1. The topological polar surface area (TPSA) is 47.6 Å². The van der Waals surface area contributed by atoms with Crippen molar-refractivity contribution in [1.29, 1.82) is 0 Å². The zero-order valence-electron chi connectivity index (χ0n) is 2.93. The highest BCUT2D eigenvalue weighted by molar-refractivity contribution is 5.71. The van der Waals surface area contributed by atoms with Crippen LogP contribution in [-0.2, 0) is 14.5 Å². The van der Waals surface area contributed by atoms with Crippen LogP contribution in [0.4, 0.5) is 0 Å². The molecule has 0 saturated carbocycles. The van der Waals surface area contributed by atoms with Gasteiger partial charge in [0.05, 0.1) is 0 Å². The molecule has 0 aromatic carbocycles. The molecule has 1 saturated heterocycles. The Labute approximate surface area is 33.9 Å². The van der Waals surface area contributed by atoms with Crippen molar-refractivity contribution in [2.75, 3.05) is 6.61 Å². The van der Waals surface area contributed by atoms with E-state index in [1.807, 2.05) is 5.64 Å². The van der Waals surface area contributed by atoms with E-state index in [1.165, 1.54) is 0 Å². The smallest absolute Gasteiger partial charge is 0.343 e. The van der Waals surface area contributed by atoms with Crippen molar-refractivity contribution in [2.45, 2.75) is 0 Å². The van der Waals surface area contributed by atoms with Crippen molar-refractivity contribution >= 4 is 5.97 Å². The Bertz CT molecular complexity index is 63.2. The van der Waals surface area contributed by atoms with Gasteiger partial charge in [0.15, 0.2) is 6.61 Å². The number of hydrogen-bond acceptors (Lipinski definition) is 4. The molecule has 0 aromatic heterocycles. The van der Waals surface area contributed by atoms with Crippen molar-refractivity contribution in [2.24, 2.45) is 0 Å². The molecular weight excluding hydrogens is 86.0 g/mol. The van der Waals surface area contributed by atoms with Crippen LogP contribution in [0.1, 0.15) is 0 Å². The molecule has 4 nitrogen and oxygen atoms in total. The summed E-state index contributed by atoms with van der Waals surface area (Å²) in [6.07, 6.45) is 0. The molecule has 0 radical (unpaired) electrons. The lowest BCUT2D eigenvalue weighted by atomic mass is 10.8. The molecule has 1 rings (SSSR count). The summed E-state index contributed by atoms with van der Waals surface area (Å²) >= 11 is 0. The molecule has 1 heterocycles. The third-order valence-electron chi connectivity index (χ3n) is 0.404. The van der Waals surface area contributed by atoms with Crippen molar-refractivity contribution in [3.05, 3.63) is 0 Å². The average molecular weight is 89.0 g/mol. The number of carbonyl (C=O) groups is 1. The van der Waals surface area contributed by atoms with Gasteiger partial charge in [-0.1, -0.05) is 0 Å². The van der Waals surface area contributed by atoms with Gasteiger partial charge >= 0.3 is 5.97 Å². The molecule has 34 valence electrons. The fourth-order valence-electron chi connectivity index (χ4n) is 0.194. The first-order chi connectivity index (χ1) is 2.89. The van der Waals surface area contributed by atoms with Crippen LogP contribution in [-0.4, -0.2) is 12.6 Å². The monoisotopic (exact) mass is 89.0 g/mol. The average Bonchev–Trinajstić information content (AvgIpc) is 1.86. The highest BCUT2D eigenvalue weighted by Crippen LogP contribution is 1.81.